The number of nitrogens with zero attached hydrogens (tertiary/aromatic N) is 1. The van der Waals surface area contributed by atoms with Crippen LogP contribution < -0.4 is 10.1 Å². The van der Waals surface area contributed by atoms with Gasteiger partial charge in [-0.05, 0) is 95.2 Å². The highest BCUT2D eigenvalue weighted by atomic mass is 127. The first-order chi connectivity index (χ1) is 13.4. The second-order valence-electron chi connectivity index (χ2n) is 6.06. The van der Waals surface area contributed by atoms with Crippen molar-refractivity contribution in [3.05, 3.63) is 60.0 Å². The normalized spacial score (nSPS) is 16.3. The largest absolute Gasteiger partial charge is 0.480 e. The lowest BCUT2D eigenvalue weighted by Crippen LogP contribution is -2.19. The lowest BCUT2D eigenvalue weighted by Gasteiger charge is -2.06. The third-order valence-electron chi connectivity index (χ3n) is 3.87. The Hall–Kier alpha value is -1.76. The van der Waals surface area contributed by atoms with Crippen LogP contribution in [0.25, 0.3) is 6.08 Å². The van der Waals surface area contributed by atoms with E-state index in [1.807, 2.05) is 50.3 Å². The summed E-state index contributed by atoms with van der Waals surface area (Å²) in [5, 5.41) is 3.40. The zero-order valence-electron chi connectivity index (χ0n) is 15.2. The van der Waals surface area contributed by atoms with Gasteiger partial charge in [-0.2, -0.15) is 0 Å². The minimum atomic E-state index is -0.156. The summed E-state index contributed by atoms with van der Waals surface area (Å²) in [7, 11) is 0. The van der Waals surface area contributed by atoms with Gasteiger partial charge in [-0.15, -0.1) is 6.42 Å². The van der Waals surface area contributed by atoms with Crippen LogP contribution in [-0.4, -0.2) is 17.7 Å². The molecule has 0 unspecified atom stereocenters. The number of amides is 1. The molecule has 0 atom stereocenters. The Morgan fingerprint density at radius 1 is 1.32 bits per heavy atom. The number of thioether (sulfide) groups is 1. The van der Waals surface area contributed by atoms with E-state index in [4.69, 9.17) is 11.2 Å². The molecule has 142 valence electrons. The Kier molecular flexibility index (Phi) is 6.86. The van der Waals surface area contributed by atoms with Gasteiger partial charge in [-0.25, -0.2) is 4.99 Å². The molecule has 28 heavy (non-hydrogen) atoms. The van der Waals surface area contributed by atoms with Gasteiger partial charge in [-0.3, -0.25) is 4.79 Å². The summed E-state index contributed by atoms with van der Waals surface area (Å²) in [6, 6.07) is 9.66. The molecule has 0 aliphatic carbocycles. The van der Waals surface area contributed by atoms with E-state index in [2.05, 4.69) is 54.8 Å². The molecule has 4 nitrogen and oxygen atoms in total. The topological polar surface area (TPSA) is 50.7 Å². The van der Waals surface area contributed by atoms with Gasteiger partial charge in [0.1, 0.15) is 12.4 Å². The summed E-state index contributed by atoms with van der Waals surface area (Å²) in [6.45, 7) is 4.26. The van der Waals surface area contributed by atoms with E-state index in [1.54, 1.807) is 0 Å². The van der Waals surface area contributed by atoms with Gasteiger partial charge in [-0.1, -0.05) is 27.9 Å². The smallest absolute Gasteiger partial charge is 0.264 e. The molecule has 2 aromatic rings. The second-order valence-corrected chi connectivity index (χ2v) is 9.04. The molecule has 1 N–H and O–H groups in total. The van der Waals surface area contributed by atoms with Gasteiger partial charge in [0, 0.05) is 4.47 Å². The van der Waals surface area contributed by atoms with E-state index in [-0.39, 0.29) is 12.5 Å². The zero-order chi connectivity index (χ0) is 20.3. The summed E-state index contributed by atoms with van der Waals surface area (Å²) in [4.78, 5) is 17.5. The van der Waals surface area contributed by atoms with E-state index in [0.29, 0.717) is 10.1 Å². The van der Waals surface area contributed by atoms with Gasteiger partial charge in [0.2, 0.25) is 0 Å². The molecule has 7 heteroatoms. The fraction of sp³-hybridized carbons (Fsp3) is 0.143. The Morgan fingerprint density at radius 3 is 2.68 bits per heavy atom. The zero-order valence-corrected chi connectivity index (χ0v) is 19.7. The molecule has 0 bridgehead atoms. The van der Waals surface area contributed by atoms with Gasteiger partial charge in [0.05, 0.1) is 14.2 Å². The highest BCUT2D eigenvalue weighted by Gasteiger charge is 2.24. The fourth-order valence-corrected chi connectivity index (χ4v) is 4.35. The monoisotopic (exact) mass is 566 g/mol. The molecule has 1 fully saturated rings. The average Bonchev–Trinajstić information content (AvgIpc) is 2.98. The van der Waals surface area contributed by atoms with Crippen LogP contribution in [0.15, 0.2) is 44.7 Å². The number of benzene rings is 2. The number of halogens is 2. The number of hydrogen-bond acceptors (Lipinski definition) is 4. The quantitative estimate of drug-likeness (QED) is 0.299. The molecule has 0 saturated carbocycles. The number of aryl methyl sites for hydroxylation is 2. The SMILES string of the molecule is C#CCOc1ccc(/C=C2\SC(=Nc3cc(C)c(Br)c(C)c3)NC2=O)cc1I. The predicted molar refractivity (Wildman–Crippen MR) is 128 cm³/mol. The maximum Gasteiger partial charge on any atom is 0.264 e. The van der Waals surface area contributed by atoms with Crippen molar-refractivity contribution in [1.82, 2.24) is 5.32 Å². The third-order valence-corrected chi connectivity index (χ3v) is 6.87. The molecule has 1 aliphatic heterocycles. The summed E-state index contributed by atoms with van der Waals surface area (Å²) in [5.41, 5.74) is 3.93. The van der Waals surface area contributed by atoms with Crippen molar-refractivity contribution in [3.63, 3.8) is 0 Å². The van der Waals surface area contributed by atoms with Crippen molar-refractivity contribution < 1.29 is 9.53 Å². The van der Waals surface area contributed by atoms with Crippen LogP contribution in [0.3, 0.4) is 0 Å². The molecule has 1 heterocycles. The van der Waals surface area contributed by atoms with Crippen LogP contribution in [-0.2, 0) is 4.79 Å². The average molecular weight is 567 g/mol. The van der Waals surface area contributed by atoms with Crippen molar-refractivity contribution in [2.75, 3.05) is 6.61 Å². The molecule has 1 saturated heterocycles. The summed E-state index contributed by atoms with van der Waals surface area (Å²) in [5.74, 6) is 3.02. The maximum absolute atomic E-state index is 12.3. The lowest BCUT2D eigenvalue weighted by atomic mass is 10.1. The molecular weight excluding hydrogens is 551 g/mol. The second kappa shape index (κ2) is 9.16. The molecule has 0 radical (unpaired) electrons. The van der Waals surface area contributed by atoms with Crippen molar-refractivity contribution in [3.8, 4) is 18.1 Å². The first kappa shape index (κ1) is 21.0. The molecular formula is C21H16BrIN2O2S. The number of hydrogen-bond donors (Lipinski definition) is 1. The van der Waals surface area contributed by atoms with Crippen LogP contribution in [0.2, 0.25) is 0 Å². The number of rotatable bonds is 4. The minimum absolute atomic E-state index is 0.156. The lowest BCUT2D eigenvalue weighted by molar-refractivity contribution is -0.115. The Bertz CT molecular complexity index is 1030. The van der Waals surface area contributed by atoms with Crippen LogP contribution in [0.1, 0.15) is 16.7 Å². The molecule has 0 spiro atoms. The van der Waals surface area contributed by atoms with Gasteiger partial charge in [0.15, 0.2) is 5.17 Å². The number of aliphatic imine (C=N–C) groups is 1. The first-order valence-electron chi connectivity index (χ1n) is 8.29. The number of amidine groups is 1. The highest BCUT2D eigenvalue weighted by molar-refractivity contribution is 14.1. The molecule has 1 amide bonds. The molecule has 2 aromatic carbocycles. The standard InChI is InChI=1S/C21H16BrIN2O2S/c1-4-7-27-17-6-5-14(10-16(17)23)11-18-20(26)25-21(28-18)24-15-8-12(2)19(22)13(3)9-15/h1,5-6,8-11H,7H2,2-3H3,(H,24,25,26)/b18-11-. The molecule has 1 aliphatic rings. The Balaban J connectivity index is 1.81. The van der Waals surface area contributed by atoms with E-state index in [9.17, 15) is 4.79 Å². The van der Waals surface area contributed by atoms with Crippen molar-refractivity contribution >= 4 is 73.1 Å². The number of carbonyl (C=O) groups excluding carboxylic acids is 1. The van der Waals surface area contributed by atoms with Crippen molar-refractivity contribution in [2.24, 2.45) is 4.99 Å². The maximum atomic E-state index is 12.3. The van der Waals surface area contributed by atoms with Crippen LogP contribution in [0.4, 0.5) is 5.69 Å². The van der Waals surface area contributed by atoms with E-state index < -0.39 is 0 Å². The van der Waals surface area contributed by atoms with Crippen LogP contribution in [0.5, 0.6) is 5.75 Å². The van der Waals surface area contributed by atoms with Crippen molar-refractivity contribution in [1.29, 1.82) is 0 Å². The number of ether oxygens (including phenoxy) is 1. The van der Waals surface area contributed by atoms with E-state index in [0.717, 1.165) is 36.2 Å². The van der Waals surface area contributed by atoms with Gasteiger partial charge < -0.3 is 10.1 Å². The number of carbonyl (C=O) groups is 1. The minimum Gasteiger partial charge on any atom is -0.480 e. The van der Waals surface area contributed by atoms with Gasteiger partial charge in [0.25, 0.3) is 5.91 Å². The highest BCUT2D eigenvalue weighted by Crippen LogP contribution is 2.31. The Morgan fingerprint density at radius 2 is 2.04 bits per heavy atom. The van der Waals surface area contributed by atoms with Crippen LogP contribution >= 0.6 is 50.3 Å². The van der Waals surface area contributed by atoms with Crippen molar-refractivity contribution in [2.45, 2.75) is 13.8 Å². The third kappa shape index (κ3) is 4.99. The first-order valence-corrected chi connectivity index (χ1v) is 11.0. The molecule has 3 rings (SSSR count). The fourth-order valence-electron chi connectivity index (χ4n) is 2.58. The Labute approximate surface area is 190 Å². The summed E-state index contributed by atoms with van der Waals surface area (Å²) in [6.07, 6.45) is 7.07. The predicted octanol–water partition coefficient (Wildman–Crippen LogP) is 5.57. The van der Waals surface area contributed by atoms with E-state index in [1.165, 1.54) is 11.8 Å². The number of terminal acetylenes is 1. The van der Waals surface area contributed by atoms with Crippen LogP contribution in [0, 0.1) is 29.8 Å². The van der Waals surface area contributed by atoms with Gasteiger partial charge >= 0.3 is 0 Å². The summed E-state index contributed by atoms with van der Waals surface area (Å²) >= 11 is 7.07. The molecule has 0 aromatic heterocycles. The summed E-state index contributed by atoms with van der Waals surface area (Å²) < 4.78 is 7.48. The number of nitrogens with one attached hydrogen (secondary N) is 1. The van der Waals surface area contributed by atoms with E-state index >= 15 is 0 Å².